The van der Waals surface area contributed by atoms with Crippen LogP contribution < -0.4 is 15.4 Å². The molecule has 0 atom stereocenters. The Balaban J connectivity index is 1.35. The number of ether oxygens (including phenoxy) is 1. The lowest BCUT2D eigenvalue weighted by Crippen LogP contribution is -2.20. The Hall–Kier alpha value is -3.57. The fraction of sp³-hybridized carbons (Fsp3) is 0.0870. The van der Waals surface area contributed by atoms with Gasteiger partial charge in [0.1, 0.15) is 18.1 Å². The van der Waals surface area contributed by atoms with Crippen LogP contribution in [0.3, 0.4) is 0 Å². The van der Waals surface area contributed by atoms with Gasteiger partial charge in [0.25, 0.3) is 0 Å². The number of aromatic nitrogens is 3. The second-order valence-electron chi connectivity index (χ2n) is 7.22. The number of nitrogens with one attached hydrogen (secondary N) is 2. The van der Waals surface area contributed by atoms with Crippen LogP contribution in [-0.4, -0.2) is 21.0 Å². The minimum atomic E-state index is -4.64. The zero-order chi connectivity index (χ0) is 25.0. The van der Waals surface area contributed by atoms with Crippen LogP contribution in [0.4, 0.5) is 29.3 Å². The maximum Gasteiger partial charge on any atom is 0.417 e. The minimum Gasteiger partial charge on any atom is -0.487 e. The Morgan fingerprint density at radius 1 is 1.03 bits per heavy atom. The van der Waals surface area contributed by atoms with Gasteiger partial charge < -0.3 is 15.4 Å². The second-order valence-corrected chi connectivity index (χ2v) is 8.54. The van der Waals surface area contributed by atoms with Gasteiger partial charge in [-0.2, -0.15) is 13.2 Å². The van der Waals surface area contributed by atoms with E-state index in [1.165, 1.54) is 6.07 Å². The summed E-state index contributed by atoms with van der Waals surface area (Å²) in [6.45, 7) is 0.136. The van der Waals surface area contributed by atoms with Gasteiger partial charge in [-0.1, -0.05) is 38.8 Å². The summed E-state index contributed by atoms with van der Waals surface area (Å²) in [4.78, 5) is 12.3. The first-order chi connectivity index (χ1) is 16.7. The van der Waals surface area contributed by atoms with Crippen molar-refractivity contribution in [1.82, 2.24) is 15.0 Å². The normalized spacial score (nSPS) is 11.2. The lowest BCUT2D eigenvalue weighted by atomic mass is 10.2. The van der Waals surface area contributed by atoms with Crippen molar-refractivity contribution in [3.05, 3.63) is 93.7 Å². The highest BCUT2D eigenvalue weighted by molar-refractivity contribution is 9.10. The zero-order valence-corrected chi connectivity index (χ0v) is 20.0. The number of hydrogen-bond donors (Lipinski definition) is 2. The summed E-state index contributed by atoms with van der Waals surface area (Å²) in [5.41, 5.74) is 0.716. The molecule has 0 aliphatic rings. The summed E-state index contributed by atoms with van der Waals surface area (Å²) in [5, 5.41) is 12.6. The van der Waals surface area contributed by atoms with Gasteiger partial charge in [0.15, 0.2) is 0 Å². The Kier molecular flexibility index (Phi) is 7.27. The molecule has 0 spiro atoms. The van der Waals surface area contributed by atoms with Crippen LogP contribution in [0.5, 0.6) is 5.75 Å². The highest BCUT2D eigenvalue weighted by Crippen LogP contribution is 2.36. The van der Waals surface area contributed by atoms with Gasteiger partial charge in [-0.3, -0.25) is 0 Å². The van der Waals surface area contributed by atoms with Gasteiger partial charge in [0.05, 0.1) is 22.5 Å². The van der Waals surface area contributed by atoms with Crippen LogP contribution in [0.2, 0.25) is 5.02 Å². The molecule has 0 radical (unpaired) electrons. The van der Waals surface area contributed by atoms with E-state index in [4.69, 9.17) is 16.3 Å². The molecule has 2 amide bonds. The van der Waals surface area contributed by atoms with E-state index in [0.29, 0.717) is 17.1 Å². The molecule has 0 fully saturated rings. The number of halogens is 5. The molecule has 0 saturated carbocycles. The minimum absolute atomic E-state index is 0.0551. The fourth-order valence-corrected chi connectivity index (χ4v) is 3.51. The third-order valence-electron chi connectivity index (χ3n) is 4.64. The maximum absolute atomic E-state index is 13.0. The predicted octanol–water partition coefficient (Wildman–Crippen LogP) is 6.93. The van der Waals surface area contributed by atoms with E-state index < -0.39 is 22.8 Å². The number of anilines is 2. The molecule has 4 rings (SSSR count). The molecule has 1 aromatic heterocycles. The van der Waals surface area contributed by atoms with Crippen LogP contribution in [0.1, 0.15) is 11.3 Å². The van der Waals surface area contributed by atoms with Crippen LogP contribution in [0.25, 0.3) is 5.69 Å². The molecule has 0 bridgehead atoms. The Bertz CT molecular complexity index is 1350. The van der Waals surface area contributed by atoms with Gasteiger partial charge in [-0.15, -0.1) is 5.10 Å². The first-order valence-corrected chi connectivity index (χ1v) is 11.2. The molecule has 35 heavy (non-hydrogen) atoms. The molecule has 180 valence electrons. The van der Waals surface area contributed by atoms with Crippen molar-refractivity contribution in [2.24, 2.45) is 0 Å². The highest BCUT2D eigenvalue weighted by Gasteiger charge is 2.33. The number of alkyl halides is 3. The van der Waals surface area contributed by atoms with Crippen LogP contribution >= 0.6 is 27.5 Å². The first-order valence-electron chi connectivity index (χ1n) is 10.0. The molecular formula is C23H16BrClF3N5O2. The first kappa shape index (κ1) is 24.6. The topological polar surface area (TPSA) is 81.1 Å². The van der Waals surface area contributed by atoms with E-state index >= 15 is 0 Å². The molecule has 3 aromatic carbocycles. The van der Waals surface area contributed by atoms with E-state index in [9.17, 15) is 18.0 Å². The van der Waals surface area contributed by atoms with Crippen molar-refractivity contribution in [1.29, 1.82) is 0 Å². The number of amides is 2. The second kappa shape index (κ2) is 10.4. The Labute approximate surface area is 211 Å². The summed E-state index contributed by atoms with van der Waals surface area (Å²) in [5.74, 6) is 0.451. The van der Waals surface area contributed by atoms with E-state index in [2.05, 4.69) is 36.9 Å². The molecule has 0 saturated heterocycles. The smallest absolute Gasteiger partial charge is 0.417 e. The quantitative estimate of drug-likeness (QED) is 0.265. The van der Waals surface area contributed by atoms with Crippen molar-refractivity contribution in [3.8, 4) is 11.4 Å². The highest BCUT2D eigenvalue weighted by atomic mass is 79.9. The molecule has 0 aliphatic carbocycles. The van der Waals surface area contributed by atoms with Gasteiger partial charge in [-0.25, -0.2) is 9.48 Å². The van der Waals surface area contributed by atoms with Gasteiger partial charge in [0, 0.05) is 21.9 Å². The van der Waals surface area contributed by atoms with Crippen molar-refractivity contribution in [2.75, 3.05) is 10.6 Å². The average molecular weight is 567 g/mol. The van der Waals surface area contributed by atoms with Crippen molar-refractivity contribution in [2.45, 2.75) is 12.8 Å². The summed E-state index contributed by atoms with van der Waals surface area (Å²) in [7, 11) is 0. The largest absolute Gasteiger partial charge is 0.487 e. The molecule has 0 unspecified atom stereocenters. The fourth-order valence-electron chi connectivity index (χ4n) is 3.02. The molecule has 0 aliphatic heterocycles. The number of nitrogens with zero attached hydrogens (tertiary/aromatic N) is 3. The Morgan fingerprint density at radius 3 is 2.46 bits per heavy atom. The number of carbonyl (C=O) groups is 1. The van der Waals surface area contributed by atoms with Crippen LogP contribution in [0, 0.1) is 0 Å². The van der Waals surface area contributed by atoms with Crippen molar-refractivity contribution in [3.63, 3.8) is 0 Å². The maximum atomic E-state index is 13.0. The van der Waals surface area contributed by atoms with Gasteiger partial charge >= 0.3 is 12.2 Å². The lowest BCUT2D eigenvalue weighted by molar-refractivity contribution is -0.137. The average Bonchev–Trinajstić information content (AvgIpc) is 3.28. The molecule has 12 heteroatoms. The third kappa shape index (κ3) is 6.52. The van der Waals surface area contributed by atoms with Crippen LogP contribution in [0.15, 0.2) is 77.4 Å². The van der Waals surface area contributed by atoms with Gasteiger partial charge in [0.2, 0.25) is 0 Å². The standard InChI is InChI=1S/C23H16BrClF3N5O2/c24-14-4-7-18(8-5-14)33-12-17(31-32-33)13-35-19-3-1-2-15(10-19)29-22(34)30-16-6-9-21(25)20(11-16)23(26,27)28/h1-12H,13H2,(H2,29,30,34). The molecular weight excluding hydrogens is 551 g/mol. The van der Waals surface area contributed by atoms with E-state index in [0.717, 1.165) is 22.3 Å². The van der Waals surface area contributed by atoms with E-state index in [1.54, 1.807) is 35.1 Å². The lowest BCUT2D eigenvalue weighted by Gasteiger charge is -2.13. The van der Waals surface area contributed by atoms with Crippen LogP contribution in [-0.2, 0) is 12.8 Å². The summed E-state index contributed by atoms with van der Waals surface area (Å²) < 4.78 is 47.4. The summed E-state index contributed by atoms with van der Waals surface area (Å²) in [6.07, 6.45) is -2.90. The van der Waals surface area contributed by atoms with E-state index in [-0.39, 0.29) is 12.3 Å². The molecule has 2 N–H and O–H groups in total. The Morgan fingerprint density at radius 2 is 1.74 bits per heavy atom. The number of carbonyl (C=O) groups excluding carboxylic acids is 1. The number of urea groups is 1. The van der Waals surface area contributed by atoms with Crippen molar-refractivity contribution >= 4 is 44.9 Å². The summed E-state index contributed by atoms with van der Waals surface area (Å²) in [6, 6.07) is 16.5. The molecule has 4 aromatic rings. The number of benzene rings is 3. The predicted molar refractivity (Wildman–Crippen MR) is 129 cm³/mol. The third-order valence-corrected chi connectivity index (χ3v) is 5.50. The molecule has 1 heterocycles. The molecule has 7 nitrogen and oxygen atoms in total. The number of hydrogen-bond acceptors (Lipinski definition) is 4. The SMILES string of the molecule is O=C(Nc1cccc(OCc2cn(-c3ccc(Br)cc3)nn2)c1)Nc1ccc(Cl)c(C(F)(F)F)c1. The van der Waals surface area contributed by atoms with Crippen molar-refractivity contribution < 1.29 is 22.7 Å². The van der Waals surface area contributed by atoms with E-state index in [1.807, 2.05) is 24.3 Å². The zero-order valence-electron chi connectivity index (χ0n) is 17.7. The monoisotopic (exact) mass is 565 g/mol. The van der Waals surface area contributed by atoms with Gasteiger partial charge in [-0.05, 0) is 54.6 Å². The number of rotatable bonds is 6. The summed E-state index contributed by atoms with van der Waals surface area (Å²) >= 11 is 8.99.